The molecule has 1 aliphatic carbocycles. The second-order valence-corrected chi connectivity index (χ2v) is 7.55. The van der Waals surface area contributed by atoms with E-state index in [0.29, 0.717) is 17.3 Å². The Hall–Kier alpha value is -0.870. The Balaban J connectivity index is 1.68. The summed E-state index contributed by atoms with van der Waals surface area (Å²) in [6.07, 6.45) is 4.87. The molecule has 22 heavy (non-hydrogen) atoms. The van der Waals surface area contributed by atoms with Gasteiger partial charge in [0.05, 0.1) is 0 Å². The van der Waals surface area contributed by atoms with Crippen LogP contribution in [-0.4, -0.2) is 29.6 Å². The fourth-order valence-electron chi connectivity index (χ4n) is 2.55. The summed E-state index contributed by atoms with van der Waals surface area (Å²) in [5.41, 5.74) is 0.944. The molecule has 0 unspecified atom stereocenters. The van der Waals surface area contributed by atoms with Crippen LogP contribution in [0.15, 0.2) is 18.2 Å². The molecule has 2 rings (SSSR count). The number of halogens is 1. The molecule has 0 bridgehead atoms. The van der Waals surface area contributed by atoms with Gasteiger partial charge >= 0.3 is 0 Å². The summed E-state index contributed by atoms with van der Waals surface area (Å²) < 4.78 is 5.66. The summed E-state index contributed by atoms with van der Waals surface area (Å²) in [7, 11) is 0. The molecule has 0 saturated heterocycles. The number of nitrogens with one attached hydrogen (secondary N) is 1. The van der Waals surface area contributed by atoms with Gasteiger partial charge in [-0.3, -0.25) is 4.79 Å². The lowest BCUT2D eigenvalue weighted by Crippen LogP contribution is -2.37. The third-order valence-electron chi connectivity index (χ3n) is 3.87. The van der Waals surface area contributed by atoms with Crippen molar-refractivity contribution in [2.75, 3.05) is 12.3 Å². The molecule has 1 atom stereocenters. The molecule has 1 saturated carbocycles. The zero-order chi connectivity index (χ0) is 15.9. The molecule has 1 aliphatic rings. The highest BCUT2D eigenvalue weighted by Crippen LogP contribution is 2.28. The van der Waals surface area contributed by atoms with E-state index < -0.39 is 6.10 Å². The minimum atomic E-state index is -0.503. The third kappa shape index (κ3) is 5.40. The highest BCUT2D eigenvalue weighted by Gasteiger charge is 2.17. The zero-order valence-electron chi connectivity index (χ0n) is 13.2. The van der Waals surface area contributed by atoms with Crippen molar-refractivity contribution in [3.05, 3.63) is 28.8 Å². The Morgan fingerprint density at radius 2 is 2.18 bits per heavy atom. The molecule has 1 aromatic carbocycles. The van der Waals surface area contributed by atoms with Gasteiger partial charge in [-0.25, -0.2) is 0 Å². The molecule has 1 fully saturated rings. The van der Waals surface area contributed by atoms with Gasteiger partial charge in [0.1, 0.15) is 5.75 Å². The Labute approximate surface area is 142 Å². The summed E-state index contributed by atoms with van der Waals surface area (Å²) in [5.74, 6) is 1.58. The number of ether oxygens (including phenoxy) is 1. The number of hydrogen-bond donors (Lipinski definition) is 1. The van der Waals surface area contributed by atoms with E-state index in [4.69, 9.17) is 16.3 Å². The van der Waals surface area contributed by atoms with Crippen LogP contribution in [0.1, 0.15) is 38.2 Å². The fourth-order valence-corrected chi connectivity index (χ4v) is 3.88. The number of amides is 1. The maximum atomic E-state index is 12.0. The molecule has 3 nitrogen and oxygen atoms in total. The van der Waals surface area contributed by atoms with Crippen LogP contribution < -0.4 is 10.1 Å². The van der Waals surface area contributed by atoms with E-state index in [1.54, 1.807) is 19.1 Å². The van der Waals surface area contributed by atoms with Crippen LogP contribution in [0.25, 0.3) is 0 Å². The van der Waals surface area contributed by atoms with Gasteiger partial charge in [-0.05, 0) is 50.5 Å². The molecule has 0 aliphatic heterocycles. The van der Waals surface area contributed by atoms with Gasteiger partial charge in [0.2, 0.25) is 0 Å². The van der Waals surface area contributed by atoms with Crippen LogP contribution >= 0.6 is 23.4 Å². The van der Waals surface area contributed by atoms with E-state index in [1.807, 2.05) is 24.8 Å². The number of hydrogen-bond acceptors (Lipinski definition) is 3. The smallest absolute Gasteiger partial charge is 0.260 e. The summed E-state index contributed by atoms with van der Waals surface area (Å²) in [6.45, 7) is 4.39. The van der Waals surface area contributed by atoms with Crippen molar-refractivity contribution in [1.29, 1.82) is 0 Å². The molecule has 0 aromatic heterocycles. The van der Waals surface area contributed by atoms with E-state index in [-0.39, 0.29) is 5.91 Å². The first-order valence-corrected chi connectivity index (χ1v) is 9.31. The minimum absolute atomic E-state index is 0.0698. The van der Waals surface area contributed by atoms with Crippen molar-refractivity contribution in [2.45, 2.75) is 50.9 Å². The van der Waals surface area contributed by atoms with E-state index in [1.165, 1.54) is 25.7 Å². The molecule has 0 radical (unpaired) electrons. The molecule has 1 amide bonds. The molecule has 1 aromatic rings. The third-order valence-corrected chi connectivity index (χ3v) is 5.68. The molecular formula is C17H24ClNO2S. The van der Waals surface area contributed by atoms with E-state index in [2.05, 4.69) is 5.32 Å². The summed E-state index contributed by atoms with van der Waals surface area (Å²) in [6, 6.07) is 5.42. The number of carbonyl (C=O) groups excluding carboxylic acids is 1. The first-order valence-electron chi connectivity index (χ1n) is 7.88. The van der Waals surface area contributed by atoms with Crippen LogP contribution in [0.5, 0.6) is 5.75 Å². The predicted molar refractivity (Wildman–Crippen MR) is 94.0 cm³/mol. The van der Waals surface area contributed by atoms with E-state index in [0.717, 1.165) is 16.6 Å². The number of aryl methyl sites for hydroxylation is 1. The lowest BCUT2D eigenvalue weighted by molar-refractivity contribution is -0.127. The monoisotopic (exact) mass is 341 g/mol. The van der Waals surface area contributed by atoms with Crippen LogP contribution in [-0.2, 0) is 4.79 Å². The summed E-state index contributed by atoms with van der Waals surface area (Å²) in [4.78, 5) is 12.0. The lowest BCUT2D eigenvalue weighted by atomic mass is 10.2. The van der Waals surface area contributed by atoms with Crippen LogP contribution in [0.3, 0.4) is 0 Å². The summed E-state index contributed by atoms with van der Waals surface area (Å²) >= 11 is 7.96. The number of carbonyl (C=O) groups is 1. The van der Waals surface area contributed by atoms with Crippen molar-refractivity contribution < 1.29 is 9.53 Å². The van der Waals surface area contributed by atoms with Crippen molar-refractivity contribution in [2.24, 2.45) is 0 Å². The Kier molecular flexibility index (Phi) is 6.90. The maximum Gasteiger partial charge on any atom is 0.260 e. The topological polar surface area (TPSA) is 38.3 Å². The first-order chi connectivity index (χ1) is 10.6. The SMILES string of the molecule is Cc1cc(O[C@@H](C)C(=O)NCCSC2CCCC2)ccc1Cl. The highest BCUT2D eigenvalue weighted by atomic mass is 35.5. The van der Waals surface area contributed by atoms with Crippen molar-refractivity contribution in [1.82, 2.24) is 5.32 Å². The predicted octanol–water partition coefficient (Wildman–Crippen LogP) is 4.21. The van der Waals surface area contributed by atoms with Crippen molar-refractivity contribution in [3.63, 3.8) is 0 Å². The van der Waals surface area contributed by atoms with Crippen LogP contribution in [0.4, 0.5) is 0 Å². The van der Waals surface area contributed by atoms with Gasteiger partial charge in [-0.1, -0.05) is 24.4 Å². The van der Waals surface area contributed by atoms with Gasteiger partial charge < -0.3 is 10.1 Å². The average Bonchev–Trinajstić information content (AvgIpc) is 3.00. The lowest BCUT2D eigenvalue weighted by Gasteiger charge is -2.16. The van der Waals surface area contributed by atoms with Gasteiger partial charge in [-0.15, -0.1) is 0 Å². The molecular weight excluding hydrogens is 318 g/mol. The molecule has 1 N–H and O–H groups in total. The Bertz CT molecular complexity index is 503. The maximum absolute atomic E-state index is 12.0. The van der Waals surface area contributed by atoms with Gasteiger partial charge in [-0.2, -0.15) is 11.8 Å². The van der Waals surface area contributed by atoms with E-state index in [9.17, 15) is 4.79 Å². The van der Waals surface area contributed by atoms with E-state index >= 15 is 0 Å². The quantitative estimate of drug-likeness (QED) is 0.755. The van der Waals surface area contributed by atoms with Crippen LogP contribution in [0, 0.1) is 6.92 Å². The molecule has 0 spiro atoms. The standard InChI is InChI=1S/C17H24ClNO2S/c1-12-11-14(7-8-16(12)18)21-13(2)17(20)19-9-10-22-15-5-3-4-6-15/h7-8,11,13,15H,3-6,9-10H2,1-2H3,(H,19,20)/t13-/m0/s1. The normalized spacial score (nSPS) is 16.5. The highest BCUT2D eigenvalue weighted by molar-refractivity contribution is 7.99. The Morgan fingerprint density at radius 1 is 1.45 bits per heavy atom. The fraction of sp³-hybridized carbons (Fsp3) is 0.588. The average molecular weight is 342 g/mol. The second kappa shape index (κ2) is 8.68. The molecule has 5 heteroatoms. The first kappa shape index (κ1) is 17.5. The number of benzene rings is 1. The van der Waals surface area contributed by atoms with Crippen LogP contribution in [0.2, 0.25) is 5.02 Å². The molecule has 122 valence electrons. The largest absolute Gasteiger partial charge is 0.481 e. The zero-order valence-corrected chi connectivity index (χ0v) is 14.8. The Morgan fingerprint density at radius 3 is 2.86 bits per heavy atom. The van der Waals surface area contributed by atoms with Crippen molar-refractivity contribution >= 4 is 29.3 Å². The minimum Gasteiger partial charge on any atom is -0.481 e. The van der Waals surface area contributed by atoms with Crippen molar-refractivity contribution in [3.8, 4) is 5.75 Å². The van der Waals surface area contributed by atoms with Gasteiger partial charge in [0.15, 0.2) is 6.10 Å². The summed E-state index contributed by atoms with van der Waals surface area (Å²) in [5, 5.41) is 4.44. The van der Waals surface area contributed by atoms with Gasteiger partial charge in [0.25, 0.3) is 5.91 Å². The van der Waals surface area contributed by atoms with Gasteiger partial charge in [0, 0.05) is 22.6 Å². The second-order valence-electron chi connectivity index (χ2n) is 5.74. The number of rotatable bonds is 7. The molecule has 0 heterocycles. The number of thioether (sulfide) groups is 1.